The zero-order valence-corrected chi connectivity index (χ0v) is 13.3. The van der Waals surface area contributed by atoms with Crippen LogP contribution in [0, 0.1) is 5.92 Å². The van der Waals surface area contributed by atoms with Crippen molar-refractivity contribution in [2.24, 2.45) is 5.92 Å². The smallest absolute Gasteiger partial charge is 0.0813 e. The summed E-state index contributed by atoms with van der Waals surface area (Å²) in [6.45, 7) is 2.14. The van der Waals surface area contributed by atoms with Crippen LogP contribution in [-0.4, -0.2) is 30.1 Å². The second-order valence-electron chi connectivity index (χ2n) is 5.74. The van der Waals surface area contributed by atoms with Gasteiger partial charge in [-0.15, -0.1) is 0 Å². The molecule has 1 saturated carbocycles. The fraction of sp³-hybridized carbons (Fsp3) is 0.625. The van der Waals surface area contributed by atoms with Crippen molar-refractivity contribution in [2.45, 2.75) is 38.2 Å². The van der Waals surface area contributed by atoms with Crippen molar-refractivity contribution >= 4 is 15.9 Å². The van der Waals surface area contributed by atoms with Gasteiger partial charge in [-0.05, 0) is 43.9 Å². The first-order valence-electron chi connectivity index (χ1n) is 7.28. The van der Waals surface area contributed by atoms with Crippen molar-refractivity contribution in [3.05, 3.63) is 34.3 Å². The van der Waals surface area contributed by atoms with Crippen LogP contribution < -0.4 is 0 Å². The second-order valence-corrected chi connectivity index (χ2v) is 6.59. The van der Waals surface area contributed by atoms with E-state index in [1.165, 1.54) is 32.2 Å². The van der Waals surface area contributed by atoms with E-state index in [1.807, 2.05) is 24.3 Å². The highest BCUT2D eigenvalue weighted by Crippen LogP contribution is 2.27. The first-order valence-corrected chi connectivity index (χ1v) is 8.07. The molecule has 0 saturated heterocycles. The summed E-state index contributed by atoms with van der Waals surface area (Å²) in [7, 11) is 2.17. The third-order valence-corrected chi connectivity index (χ3v) is 4.82. The molecule has 1 aliphatic carbocycles. The highest BCUT2D eigenvalue weighted by molar-refractivity contribution is 9.10. The molecule has 1 atom stereocenters. The minimum Gasteiger partial charge on any atom is -0.388 e. The van der Waals surface area contributed by atoms with Gasteiger partial charge < -0.3 is 10.0 Å². The molecule has 2 nitrogen and oxygen atoms in total. The summed E-state index contributed by atoms with van der Waals surface area (Å²) in [5.74, 6) is 0.880. The van der Waals surface area contributed by atoms with E-state index in [0.29, 0.717) is 0 Å². The van der Waals surface area contributed by atoms with Gasteiger partial charge in [0.1, 0.15) is 0 Å². The van der Waals surface area contributed by atoms with Crippen LogP contribution in [0.4, 0.5) is 0 Å². The zero-order valence-electron chi connectivity index (χ0n) is 11.7. The van der Waals surface area contributed by atoms with Gasteiger partial charge in [-0.25, -0.2) is 0 Å². The standard InChI is InChI=1S/C16H24BrNO/c1-18(12-13-6-2-3-7-13)11-10-16(19)14-8-4-5-9-15(14)17/h4-5,8-9,13,16,19H,2-3,6-7,10-12H2,1H3. The summed E-state index contributed by atoms with van der Waals surface area (Å²) >= 11 is 3.50. The normalized spacial score (nSPS) is 18.1. The van der Waals surface area contributed by atoms with Crippen molar-refractivity contribution in [1.29, 1.82) is 0 Å². The van der Waals surface area contributed by atoms with Crippen LogP contribution in [-0.2, 0) is 0 Å². The molecule has 1 aromatic carbocycles. The molecule has 106 valence electrons. The van der Waals surface area contributed by atoms with Crippen LogP contribution in [0.1, 0.15) is 43.8 Å². The molecule has 0 aromatic heterocycles. The molecule has 1 aromatic rings. The van der Waals surface area contributed by atoms with E-state index in [1.54, 1.807) is 0 Å². The molecule has 1 N–H and O–H groups in total. The average Bonchev–Trinajstić information content (AvgIpc) is 2.89. The Labute approximate surface area is 124 Å². The van der Waals surface area contributed by atoms with Gasteiger partial charge in [0.05, 0.1) is 6.10 Å². The number of hydrogen-bond donors (Lipinski definition) is 1. The van der Waals surface area contributed by atoms with E-state index in [4.69, 9.17) is 0 Å². The molecule has 0 spiro atoms. The minimum absolute atomic E-state index is 0.374. The maximum absolute atomic E-state index is 10.3. The third-order valence-electron chi connectivity index (χ3n) is 4.09. The topological polar surface area (TPSA) is 23.5 Å². The van der Waals surface area contributed by atoms with Gasteiger partial charge in [-0.2, -0.15) is 0 Å². The molecule has 2 rings (SSSR count). The van der Waals surface area contributed by atoms with Gasteiger partial charge in [-0.1, -0.05) is 47.0 Å². The average molecular weight is 326 g/mol. The van der Waals surface area contributed by atoms with Crippen molar-refractivity contribution in [3.63, 3.8) is 0 Å². The molecule has 1 unspecified atom stereocenters. The Morgan fingerprint density at radius 1 is 1.32 bits per heavy atom. The van der Waals surface area contributed by atoms with Crippen molar-refractivity contribution in [3.8, 4) is 0 Å². The number of aliphatic hydroxyl groups excluding tert-OH is 1. The Hall–Kier alpha value is -0.380. The van der Waals surface area contributed by atoms with Crippen LogP contribution in [0.3, 0.4) is 0 Å². The predicted octanol–water partition coefficient (Wildman–Crippen LogP) is 3.99. The quantitative estimate of drug-likeness (QED) is 0.854. The van der Waals surface area contributed by atoms with Crippen LogP contribution >= 0.6 is 15.9 Å². The van der Waals surface area contributed by atoms with Gasteiger partial charge in [0.2, 0.25) is 0 Å². The fourth-order valence-corrected chi connectivity index (χ4v) is 3.52. The molecule has 0 amide bonds. The van der Waals surface area contributed by atoms with E-state index in [0.717, 1.165) is 28.9 Å². The Balaban J connectivity index is 1.76. The summed E-state index contributed by atoms with van der Waals surface area (Å²) in [5.41, 5.74) is 0.997. The van der Waals surface area contributed by atoms with E-state index >= 15 is 0 Å². The molecule has 19 heavy (non-hydrogen) atoms. The maximum atomic E-state index is 10.3. The number of benzene rings is 1. The van der Waals surface area contributed by atoms with E-state index < -0.39 is 0 Å². The van der Waals surface area contributed by atoms with Crippen LogP contribution in [0.25, 0.3) is 0 Å². The molecule has 0 radical (unpaired) electrons. The number of nitrogens with zero attached hydrogens (tertiary/aromatic N) is 1. The Morgan fingerprint density at radius 3 is 2.68 bits per heavy atom. The molecule has 0 heterocycles. The highest BCUT2D eigenvalue weighted by Gasteiger charge is 2.17. The van der Waals surface area contributed by atoms with Crippen molar-refractivity contribution in [1.82, 2.24) is 4.90 Å². The molecule has 0 bridgehead atoms. The second kappa shape index (κ2) is 7.41. The molecule has 1 fully saturated rings. The monoisotopic (exact) mass is 325 g/mol. The van der Waals surface area contributed by atoms with E-state index in [9.17, 15) is 5.11 Å². The number of rotatable bonds is 6. The summed E-state index contributed by atoms with van der Waals surface area (Å²) < 4.78 is 1.00. The Kier molecular flexibility index (Phi) is 5.86. The third kappa shape index (κ3) is 4.59. The molecule has 3 heteroatoms. The molecule has 1 aliphatic rings. The summed E-state index contributed by atoms with van der Waals surface area (Å²) in [4.78, 5) is 2.37. The lowest BCUT2D eigenvalue weighted by Gasteiger charge is -2.22. The largest absolute Gasteiger partial charge is 0.388 e. The lowest BCUT2D eigenvalue weighted by molar-refractivity contribution is 0.144. The van der Waals surface area contributed by atoms with E-state index in [2.05, 4.69) is 27.9 Å². The molecule has 0 aliphatic heterocycles. The van der Waals surface area contributed by atoms with Gasteiger partial charge in [-0.3, -0.25) is 0 Å². The van der Waals surface area contributed by atoms with Crippen LogP contribution in [0.2, 0.25) is 0 Å². The first kappa shape index (κ1) is 15.0. The van der Waals surface area contributed by atoms with Gasteiger partial charge in [0.25, 0.3) is 0 Å². The molecular formula is C16H24BrNO. The maximum Gasteiger partial charge on any atom is 0.0813 e. The number of halogens is 1. The van der Waals surface area contributed by atoms with Gasteiger partial charge >= 0.3 is 0 Å². The van der Waals surface area contributed by atoms with Gasteiger partial charge in [0.15, 0.2) is 0 Å². The Morgan fingerprint density at radius 2 is 2.00 bits per heavy atom. The lowest BCUT2D eigenvalue weighted by atomic mass is 10.1. The lowest BCUT2D eigenvalue weighted by Crippen LogP contribution is -2.26. The summed E-state index contributed by atoms with van der Waals surface area (Å²) in [5, 5.41) is 10.3. The summed E-state index contributed by atoms with van der Waals surface area (Å²) in [6, 6.07) is 7.94. The van der Waals surface area contributed by atoms with Crippen LogP contribution in [0.5, 0.6) is 0 Å². The minimum atomic E-state index is -0.374. The highest BCUT2D eigenvalue weighted by atomic mass is 79.9. The summed E-state index contributed by atoms with van der Waals surface area (Å²) in [6.07, 6.45) is 6.00. The number of aliphatic hydroxyl groups is 1. The first-order chi connectivity index (χ1) is 9.16. The molecular weight excluding hydrogens is 302 g/mol. The number of hydrogen-bond acceptors (Lipinski definition) is 2. The van der Waals surface area contributed by atoms with Crippen molar-refractivity contribution < 1.29 is 5.11 Å². The van der Waals surface area contributed by atoms with Gasteiger partial charge in [0, 0.05) is 17.6 Å². The predicted molar refractivity (Wildman–Crippen MR) is 83.2 cm³/mol. The van der Waals surface area contributed by atoms with Crippen LogP contribution in [0.15, 0.2) is 28.7 Å². The Bertz CT molecular complexity index is 390. The van der Waals surface area contributed by atoms with Crippen molar-refractivity contribution in [2.75, 3.05) is 20.1 Å². The van der Waals surface area contributed by atoms with E-state index in [-0.39, 0.29) is 6.10 Å². The fourth-order valence-electron chi connectivity index (χ4n) is 2.97. The SMILES string of the molecule is CN(CCC(O)c1ccccc1Br)CC1CCCC1. The zero-order chi connectivity index (χ0) is 13.7.